The molecule has 2 heteroatoms. The molecule has 1 fully saturated rings. The zero-order valence-electron chi connectivity index (χ0n) is 7.01. The van der Waals surface area contributed by atoms with Gasteiger partial charge in [-0.15, -0.1) is 0 Å². The van der Waals surface area contributed by atoms with Gasteiger partial charge in [-0.05, 0) is 18.8 Å². The molecule has 0 spiro atoms. The van der Waals surface area contributed by atoms with Gasteiger partial charge in [0, 0.05) is 13.1 Å². The van der Waals surface area contributed by atoms with Crippen LogP contribution in [0.25, 0.3) is 0 Å². The number of nitrogens with zero attached hydrogens (tertiary/aromatic N) is 1. The highest BCUT2D eigenvalue weighted by Crippen LogP contribution is 2.25. The summed E-state index contributed by atoms with van der Waals surface area (Å²) in [6.45, 7) is 2.32. The first kappa shape index (κ1) is 8.02. The van der Waals surface area contributed by atoms with Crippen LogP contribution in [0.2, 0.25) is 0 Å². The van der Waals surface area contributed by atoms with Crippen LogP contribution in [0.3, 0.4) is 0 Å². The summed E-state index contributed by atoms with van der Waals surface area (Å²) in [5, 5.41) is 1.87. The van der Waals surface area contributed by atoms with Crippen LogP contribution >= 0.6 is 0 Å². The van der Waals surface area contributed by atoms with Crippen LogP contribution in [0.5, 0.6) is 0 Å². The fourth-order valence-corrected chi connectivity index (χ4v) is 1.77. The number of nitrogens with two attached hydrogens (primary N) is 1. The Morgan fingerprint density at radius 2 is 2.10 bits per heavy atom. The summed E-state index contributed by atoms with van der Waals surface area (Å²) >= 11 is 0. The van der Waals surface area contributed by atoms with Gasteiger partial charge in [-0.2, -0.15) is 0 Å². The van der Waals surface area contributed by atoms with Crippen molar-refractivity contribution < 1.29 is 0 Å². The Kier molecular flexibility index (Phi) is 2.69. The van der Waals surface area contributed by atoms with E-state index in [-0.39, 0.29) is 0 Å². The van der Waals surface area contributed by atoms with Crippen LogP contribution in [0.4, 0.5) is 0 Å². The van der Waals surface area contributed by atoms with Crippen LogP contribution in [0.15, 0.2) is 0 Å². The number of hydrogen-bond donors (Lipinski definition) is 1. The number of hydrazine groups is 1. The van der Waals surface area contributed by atoms with Gasteiger partial charge in [0.05, 0.1) is 0 Å². The van der Waals surface area contributed by atoms with E-state index in [2.05, 4.69) is 6.92 Å². The number of hydrogen-bond acceptors (Lipinski definition) is 2. The third-order valence-corrected chi connectivity index (χ3v) is 2.48. The zero-order chi connectivity index (χ0) is 7.56. The van der Waals surface area contributed by atoms with Crippen molar-refractivity contribution in [3.63, 3.8) is 0 Å². The van der Waals surface area contributed by atoms with Crippen molar-refractivity contribution in [2.45, 2.75) is 38.6 Å². The standard InChI is InChI=1S/C8H18N2/c1-7-4-3-5-8(6-7)10(2)9/h7-8H,3-6,9H2,1-2H3. The van der Waals surface area contributed by atoms with Crippen molar-refractivity contribution in [1.29, 1.82) is 0 Å². The molecule has 1 rings (SSSR count). The Morgan fingerprint density at radius 1 is 1.40 bits per heavy atom. The van der Waals surface area contributed by atoms with Crippen molar-refractivity contribution in [3.05, 3.63) is 0 Å². The molecular formula is C8H18N2. The average molecular weight is 142 g/mol. The lowest BCUT2D eigenvalue weighted by molar-refractivity contribution is 0.166. The molecule has 0 aromatic carbocycles. The molecule has 0 heterocycles. The topological polar surface area (TPSA) is 29.3 Å². The van der Waals surface area contributed by atoms with Crippen molar-refractivity contribution in [3.8, 4) is 0 Å². The van der Waals surface area contributed by atoms with Crippen molar-refractivity contribution in [2.24, 2.45) is 11.8 Å². The van der Waals surface area contributed by atoms with Crippen LogP contribution in [-0.4, -0.2) is 18.1 Å². The first-order chi connectivity index (χ1) is 4.70. The van der Waals surface area contributed by atoms with E-state index >= 15 is 0 Å². The molecule has 2 atom stereocenters. The Bertz CT molecular complexity index is 101. The minimum Gasteiger partial charge on any atom is -0.269 e. The Morgan fingerprint density at radius 3 is 2.50 bits per heavy atom. The van der Waals surface area contributed by atoms with Gasteiger partial charge in [0.1, 0.15) is 0 Å². The SMILES string of the molecule is CC1CCCC(N(C)N)C1. The zero-order valence-corrected chi connectivity index (χ0v) is 7.01. The molecule has 10 heavy (non-hydrogen) atoms. The van der Waals surface area contributed by atoms with Gasteiger partial charge >= 0.3 is 0 Å². The fraction of sp³-hybridized carbons (Fsp3) is 1.00. The molecule has 0 bridgehead atoms. The van der Waals surface area contributed by atoms with Crippen molar-refractivity contribution in [1.82, 2.24) is 5.01 Å². The molecule has 0 saturated heterocycles. The van der Waals surface area contributed by atoms with Gasteiger partial charge in [-0.1, -0.05) is 19.8 Å². The minimum absolute atomic E-state index is 0.642. The smallest absolute Gasteiger partial charge is 0.0240 e. The van der Waals surface area contributed by atoms with Crippen LogP contribution in [0, 0.1) is 5.92 Å². The van der Waals surface area contributed by atoms with Crippen LogP contribution in [-0.2, 0) is 0 Å². The lowest BCUT2D eigenvalue weighted by atomic mass is 9.87. The predicted octanol–water partition coefficient (Wildman–Crippen LogP) is 1.37. The Labute approximate surface area is 63.4 Å². The Balaban J connectivity index is 2.32. The molecule has 1 saturated carbocycles. The first-order valence-corrected chi connectivity index (χ1v) is 4.17. The second-order valence-electron chi connectivity index (χ2n) is 3.59. The van der Waals surface area contributed by atoms with E-state index in [9.17, 15) is 0 Å². The summed E-state index contributed by atoms with van der Waals surface area (Å²) in [6.07, 6.45) is 5.32. The lowest BCUT2D eigenvalue weighted by Crippen LogP contribution is -2.40. The van der Waals surface area contributed by atoms with Gasteiger partial charge in [-0.3, -0.25) is 5.84 Å². The van der Waals surface area contributed by atoms with Crippen molar-refractivity contribution >= 4 is 0 Å². The molecule has 0 aliphatic heterocycles. The lowest BCUT2D eigenvalue weighted by Gasteiger charge is -2.31. The maximum absolute atomic E-state index is 5.66. The predicted molar refractivity (Wildman–Crippen MR) is 43.4 cm³/mol. The summed E-state index contributed by atoms with van der Waals surface area (Å²) in [6, 6.07) is 0.642. The van der Waals surface area contributed by atoms with E-state index in [1.165, 1.54) is 25.7 Å². The molecule has 0 radical (unpaired) electrons. The molecular weight excluding hydrogens is 124 g/mol. The van der Waals surface area contributed by atoms with Gasteiger partial charge in [0.25, 0.3) is 0 Å². The van der Waals surface area contributed by atoms with Gasteiger partial charge in [0.2, 0.25) is 0 Å². The van der Waals surface area contributed by atoms with Crippen LogP contribution in [0.1, 0.15) is 32.6 Å². The largest absolute Gasteiger partial charge is 0.269 e. The summed E-state index contributed by atoms with van der Waals surface area (Å²) in [7, 11) is 1.97. The maximum Gasteiger partial charge on any atom is 0.0240 e. The fourth-order valence-electron chi connectivity index (χ4n) is 1.77. The van der Waals surface area contributed by atoms with E-state index in [4.69, 9.17) is 5.84 Å². The molecule has 0 amide bonds. The second-order valence-corrected chi connectivity index (χ2v) is 3.59. The summed E-state index contributed by atoms with van der Waals surface area (Å²) in [5.41, 5.74) is 0. The van der Waals surface area contributed by atoms with Crippen LogP contribution < -0.4 is 5.84 Å². The van der Waals surface area contributed by atoms with Gasteiger partial charge in [-0.25, -0.2) is 5.01 Å². The molecule has 60 valence electrons. The highest BCUT2D eigenvalue weighted by atomic mass is 15.4. The monoisotopic (exact) mass is 142 g/mol. The summed E-state index contributed by atoms with van der Waals surface area (Å²) in [4.78, 5) is 0. The molecule has 0 aromatic heterocycles. The van der Waals surface area contributed by atoms with Gasteiger partial charge < -0.3 is 0 Å². The van der Waals surface area contributed by atoms with E-state index in [1.54, 1.807) is 0 Å². The summed E-state index contributed by atoms with van der Waals surface area (Å²) in [5.74, 6) is 6.54. The van der Waals surface area contributed by atoms with Crippen molar-refractivity contribution in [2.75, 3.05) is 7.05 Å². The first-order valence-electron chi connectivity index (χ1n) is 4.17. The molecule has 2 unspecified atom stereocenters. The maximum atomic E-state index is 5.66. The Hall–Kier alpha value is -0.0800. The van der Waals surface area contributed by atoms with E-state index in [1.807, 2.05) is 12.1 Å². The minimum atomic E-state index is 0.642. The molecule has 2 nitrogen and oxygen atoms in total. The third kappa shape index (κ3) is 1.96. The highest BCUT2D eigenvalue weighted by Gasteiger charge is 2.20. The van der Waals surface area contributed by atoms with E-state index in [0.717, 1.165) is 5.92 Å². The molecule has 1 aliphatic rings. The molecule has 2 N–H and O–H groups in total. The summed E-state index contributed by atoms with van der Waals surface area (Å²) < 4.78 is 0. The number of rotatable bonds is 1. The molecule has 1 aliphatic carbocycles. The van der Waals surface area contributed by atoms with E-state index in [0.29, 0.717) is 6.04 Å². The normalized spacial score (nSPS) is 34.8. The van der Waals surface area contributed by atoms with E-state index < -0.39 is 0 Å². The third-order valence-electron chi connectivity index (χ3n) is 2.48. The second kappa shape index (κ2) is 3.35. The molecule has 0 aromatic rings. The quantitative estimate of drug-likeness (QED) is 0.442. The highest BCUT2D eigenvalue weighted by molar-refractivity contribution is 4.74. The van der Waals surface area contributed by atoms with Gasteiger partial charge in [0.15, 0.2) is 0 Å². The average Bonchev–Trinajstić information content (AvgIpc) is 1.88.